The first-order chi connectivity index (χ1) is 14.7. The van der Waals surface area contributed by atoms with Gasteiger partial charge in [-0.25, -0.2) is 0 Å². The third-order valence-corrected chi connectivity index (χ3v) is 5.16. The predicted molar refractivity (Wildman–Crippen MR) is 109 cm³/mol. The molecule has 1 saturated heterocycles. The Labute approximate surface area is 174 Å². The molecule has 0 radical (unpaired) electrons. The molecule has 0 unspecified atom stereocenters. The highest BCUT2D eigenvalue weighted by atomic mass is 16.5. The van der Waals surface area contributed by atoms with E-state index in [-0.39, 0.29) is 24.4 Å². The van der Waals surface area contributed by atoms with E-state index in [1.807, 2.05) is 30.3 Å². The van der Waals surface area contributed by atoms with Gasteiger partial charge in [-0.15, -0.1) is 0 Å². The highest BCUT2D eigenvalue weighted by Crippen LogP contribution is 2.30. The minimum absolute atomic E-state index is 0.0897. The highest BCUT2D eigenvalue weighted by molar-refractivity contribution is 5.96. The number of carbonyl (C=O) groups excluding carboxylic acids is 2. The first-order valence-electron chi connectivity index (χ1n) is 10.1. The molecule has 8 nitrogen and oxygen atoms in total. The second-order valence-corrected chi connectivity index (χ2v) is 7.20. The van der Waals surface area contributed by atoms with Crippen LogP contribution in [0.3, 0.4) is 0 Å². The summed E-state index contributed by atoms with van der Waals surface area (Å²) in [6.07, 6.45) is 6.74. The number of pyridine rings is 1. The van der Waals surface area contributed by atoms with Gasteiger partial charge in [-0.05, 0) is 37.1 Å². The summed E-state index contributed by atoms with van der Waals surface area (Å²) in [6, 6.07) is 12.6. The summed E-state index contributed by atoms with van der Waals surface area (Å²) in [5.41, 5.74) is 1.26. The zero-order valence-corrected chi connectivity index (χ0v) is 16.5. The standard InChI is InChI=1S/C22H23N5O3/c28-19(15-24-21(29)17-10-7-12-23-14-17)27-13-6-2-5-11-18(27)20-25-22(30-26-20)16-8-3-1-4-9-16/h1,3-4,7-10,12,14,18H,2,5-6,11,13,15H2,(H,24,29)/t18-/m1/s1. The molecule has 0 aliphatic carbocycles. The van der Waals surface area contributed by atoms with E-state index in [1.165, 1.54) is 6.20 Å². The molecule has 1 aliphatic rings. The molecule has 1 atom stereocenters. The van der Waals surface area contributed by atoms with Gasteiger partial charge in [0.15, 0.2) is 5.82 Å². The van der Waals surface area contributed by atoms with Crippen molar-refractivity contribution in [3.63, 3.8) is 0 Å². The molecule has 4 rings (SSSR count). The van der Waals surface area contributed by atoms with Crippen molar-refractivity contribution in [2.45, 2.75) is 31.7 Å². The lowest BCUT2D eigenvalue weighted by molar-refractivity contribution is -0.132. The van der Waals surface area contributed by atoms with Crippen molar-refractivity contribution in [3.8, 4) is 11.5 Å². The molecular weight excluding hydrogens is 382 g/mol. The third-order valence-electron chi connectivity index (χ3n) is 5.16. The fourth-order valence-electron chi connectivity index (χ4n) is 3.60. The van der Waals surface area contributed by atoms with Gasteiger partial charge >= 0.3 is 0 Å². The van der Waals surface area contributed by atoms with E-state index in [4.69, 9.17) is 4.52 Å². The fraction of sp³-hybridized carbons (Fsp3) is 0.318. The van der Waals surface area contributed by atoms with Crippen LogP contribution in [-0.4, -0.2) is 44.9 Å². The number of likely N-dealkylation sites (tertiary alicyclic amines) is 1. The number of carbonyl (C=O) groups is 2. The van der Waals surface area contributed by atoms with Gasteiger partial charge in [-0.3, -0.25) is 14.6 Å². The van der Waals surface area contributed by atoms with Crippen LogP contribution in [0.2, 0.25) is 0 Å². The molecule has 1 aromatic carbocycles. The quantitative estimate of drug-likeness (QED) is 0.700. The van der Waals surface area contributed by atoms with E-state index in [0.29, 0.717) is 23.8 Å². The van der Waals surface area contributed by atoms with Crippen molar-refractivity contribution >= 4 is 11.8 Å². The Bertz CT molecular complexity index is 990. The molecule has 3 aromatic rings. The minimum Gasteiger partial charge on any atom is -0.343 e. The summed E-state index contributed by atoms with van der Waals surface area (Å²) in [5, 5.41) is 6.84. The third kappa shape index (κ3) is 4.53. The largest absolute Gasteiger partial charge is 0.343 e. The Balaban J connectivity index is 1.47. The molecule has 8 heteroatoms. The van der Waals surface area contributed by atoms with Crippen LogP contribution in [0, 0.1) is 0 Å². The first kappa shape index (κ1) is 19.8. The van der Waals surface area contributed by atoms with Crippen LogP contribution in [0.5, 0.6) is 0 Å². The molecule has 1 aliphatic heterocycles. The average molecular weight is 405 g/mol. The number of benzene rings is 1. The number of rotatable bonds is 5. The SMILES string of the molecule is O=C(NCC(=O)N1CCCCC[C@@H]1c1noc(-c2ccccc2)n1)c1cccnc1. The Morgan fingerprint density at radius 2 is 1.97 bits per heavy atom. The lowest BCUT2D eigenvalue weighted by atomic mass is 10.1. The number of hydrogen-bond donors (Lipinski definition) is 1. The summed E-state index contributed by atoms with van der Waals surface area (Å²) in [4.78, 5) is 35.5. The molecule has 2 amide bonds. The fourth-order valence-corrected chi connectivity index (χ4v) is 3.60. The van der Waals surface area contributed by atoms with Gasteiger partial charge in [0, 0.05) is 24.5 Å². The van der Waals surface area contributed by atoms with E-state index in [2.05, 4.69) is 20.4 Å². The zero-order chi connectivity index (χ0) is 20.8. The number of aromatic nitrogens is 3. The maximum absolute atomic E-state index is 13.0. The summed E-state index contributed by atoms with van der Waals surface area (Å²) in [5.74, 6) is 0.453. The molecule has 0 spiro atoms. The Morgan fingerprint density at radius 3 is 2.77 bits per heavy atom. The van der Waals surface area contributed by atoms with Gasteiger partial charge < -0.3 is 14.7 Å². The van der Waals surface area contributed by atoms with Crippen LogP contribution in [0.15, 0.2) is 59.4 Å². The number of nitrogens with zero attached hydrogens (tertiary/aromatic N) is 4. The average Bonchev–Trinajstić information content (AvgIpc) is 3.16. The van der Waals surface area contributed by atoms with Crippen molar-refractivity contribution in [2.75, 3.05) is 13.1 Å². The smallest absolute Gasteiger partial charge is 0.257 e. The molecule has 30 heavy (non-hydrogen) atoms. The lowest BCUT2D eigenvalue weighted by Crippen LogP contribution is -2.42. The van der Waals surface area contributed by atoms with Crippen molar-refractivity contribution in [3.05, 3.63) is 66.2 Å². The van der Waals surface area contributed by atoms with E-state index < -0.39 is 0 Å². The van der Waals surface area contributed by atoms with Crippen LogP contribution >= 0.6 is 0 Å². The summed E-state index contributed by atoms with van der Waals surface area (Å²) in [7, 11) is 0. The summed E-state index contributed by atoms with van der Waals surface area (Å²) in [6.45, 7) is 0.509. The monoisotopic (exact) mass is 405 g/mol. The van der Waals surface area contributed by atoms with Crippen LogP contribution in [0.1, 0.15) is 47.9 Å². The van der Waals surface area contributed by atoms with E-state index in [0.717, 1.165) is 31.2 Å². The van der Waals surface area contributed by atoms with Gasteiger partial charge in [0.2, 0.25) is 5.91 Å². The Kier molecular flexibility index (Phi) is 6.12. The van der Waals surface area contributed by atoms with E-state index in [1.54, 1.807) is 23.2 Å². The van der Waals surface area contributed by atoms with Crippen LogP contribution in [0.25, 0.3) is 11.5 Å². The van der Waals surface area contributed by atoms with Gasteiger partial charge in [0.05, 0.1) is 18.2 Å². The van der Waals surface area contributed by atoms with Gasteiger partial charge in [0.25, 0.3) is 11.8 Å². The van der Waals surface area contributed by atoms with Crippen molar-refractivity contribution < 1.29 is 14.1 Å². The second-order valence-electron chi connectivity index (χ2n) is 7.20. The van der Waals surface area contributed by atoms with Gasteiger partial charge in [-0.1, -0.05) is 36.2 Å². The van der Waals surface area contributed by atoms with Gasteiger partial charge in [-0.2, -0.15) is 4.98 Å². The Hall–Kier alpha value is -3.55. The van der Waals surface area contributed by atoms with Crippen LogP contribution in [-0.2, 0) is 4.79 Å². The van der Waals surface area contributed by atoms with Crippen LogP contribution in [0.4, 0.5) is 0 Å². The van der Waals surface area contributed by atoms with E-state index >= 15 is 0 Å². The molecule has 3 heterocycles. The normalized spacial score (nSPS) is 16.7. The van der Waals surface area contributed by atoms with Crippen molar-refractivity contribution in [1.82, 2.24) is 25.3 Å². The lowest BCUT2D eigenvalue weighted by Gasteiger charge is -2.28. The topological polar surface area (TPSA) is 101 Å². The number of nitrogens with one attached hydrogen (secondary N) is 1. The maximum atomic E-state index is 13.0. The molecule has 154 valence electrons. The Morgan fingerprint density at radius 1 is 1.10 bits per heavy atom. The predicted octanol–water partition coefficient (Wildman–Crippen LogP) is 3.01. The van der Waals surface area contributed by atoms with Gasteiger partial charge in [0.1, 0.15) is 0 Å². The highest BCUT2D eigenvalue weighted by Gasteiger charge is 2.30. The first-order valence-corrected chi connectivity index (χ1v) is 10.1. The second kappa shape index (κ2) is 9.30. The molecule has 2 aromatic heterocycles. The molecule has 1 N–H and O–H groups in total. The zero-order valence-electron chi connectivity index (χ0n) is 16.5. The molecule has 1 fully saturated rings. The molecule has 0 bridgehead atoms. The van der Waals surface area contributed by atoms with Crippen LogP contribution < -0.4 is 5.32 Å². The minimum atomic E-state index is -0.325. The number of hydrogen-bond acceptors (Lipinski definition) is 6. The summed E-state index contributed by atoms with van der Waals surface area (Å²) >= 11 is 0. The molecule has 0 saturated carbocycles. The van der Waals surface area contributed by atoms with Crippen molar-refractivity contribution in [1.29, 1.82) is 0 Å². The molecular formula is C22H23N5O3. The number of amides is 2. The van der Waals surface area contributed by atoms with Crippen molar-refractivity contribution in [2.24, 2.45) is 0 Å². The van der Waals surface area contributed by atoms with E-state index in [9.17, 15) is 9.59 Å². The maximum Gasteiger partial charge on any atom is 0.257 e. The summed E-state index contributed by atoms with van der Waals surface area (Å²) < 4.78 is 5.45.